The lowest BCUT2D eigenvalue weighted by atomic mass is 10.0. The topological polar surface area (TPSA) is 12.0 Å². The molecule has 7 heteroatoms. The number of benzene rings is 1. The Hall–Kier alpha value is -1.24. The molecule has 0 spiro atoms. The Labute approximate surface area is 99.8 Å². The smallest absolute Gasteiger partial charge is 0.313 e. The third-order valence-corrected chi connectivity index (χ3v) is 2.46. The third-order valence-electron chi connectivity index (χ3n) is 2.46. The fraction of sp³-hybridized carbons (Fsp3) is 0.455. The van der Waals surface area contributed by atoms with Gasteiger partial charge in [0.25, 0.3) is 0 Å². The van der Waals surface area contributed by atoms with Crippen molar-refractivity contribution in [2.75, 3.05) is 7.05 Å². The first-order valence-corrected chi connectivity index (χ1v) is 5.13. The van der Waals surface area contributed by atoms with Crippen molar-refractivity contribution < 1.29 is 26.3 Å². The molecule has 1 atom stereocenters. The summed E-state index contributed by atoms with van der Waals surface area (Å²) in [5.74, 6) is -3.51. The first-order valence-electron chi connectivity index (χ1n) is 5.13. The third kappa shape index (κ3) is 3.90. The molecule has 0 amide bonds. The van der Waals surface area contributed by atoms with E-state index in [-0.39, 0.29) is 0 Å². The molecule has 0 bridgehead atoms. The molecule has 0 aliphatic rings. The van der Waals surface area contributed by atoms with Crippen molar-refractivity contribution in [3.63, 3.8) is 0 Å². The summed E-state index contributed by atoms with van der Waals surface area (Å²) in [6.45, 7) is 0. The summed E-state index contributed by atoms with van der Waals surface area (Å²) in [7, 11) is 1.28. The average Bonchev–Trinajstić information content (AvgIpc) is 2.20. The van der Waals surface area contributed by atoms with Crippen LogP contribution in [-0.4, -0.2) is 13.2 Å². The van der Waals surface area contributed by atoms with E-state index < -0.39 is 48.1 Å². The van der Waals surface area contributed by atoms with Crippen molar-refractivity contribution in [2.24, 2.45) is 0 Å². The normalized spacial score (nSPS) is 13.7. The van der Waals surface area contributed by atoms with Crippen LogP contribution in [0.25, 0.3) is 0 Å². The van der Waals surface area contributed by atoms with E-state index in [2.05, 4.69) is 5.32 Å². The van der Waals surface area contributed by atoms with Crippen molar-refractivity contribution in [3.8, 4) is 0 Å². The lowest BCUT2D eigenvalue weighted by molar-refractivity contribution is -0.136. The van der Waals surface area contributed by atoms with Crippen LogP contribution in [0.3, 0.4) is 0 Å². The average molecular weight is 271 g/mol. The van der Waals surface area contributed by atoms with Crippen LogP contribution in [0.15, 0.2) is 12.1 Å². The van der Waals surface area contributed by atoms with Gasteiger partial charge in [-0.25, -0.2) is 13.2 Å². The van der Waals surface area contributed by atoms with E-state index >= 15 is 0 Å². The molecule has 1 nitrogen and oxygen atoms in total. The van der Waals surface area contributed by atoms with E-state index in [9.17, 15) is 26.3 Å². The van der Waals surface area contributed by atoms with Gasteiger partial charge in [-0.2, -0.15) is 13.2 Å². The summed E-state index contributed by atoms with van der Waals surface area (Å²) in [5.41, 5.74) is -0.580. The van der Waals surface area contributed by atoms with E-state index in [0.717, 1.165) is 0 Å². The number of halogens is 6. The maximum absolute atomic E-state index is 13.4. The van der Waals surface area contributed by atoms with Crippen LogP contribution in [-0.2, 0) is 0 Å². The zero-order valence-corrected chi connectivity index (χ0v) is 9.41. The Balaban J connectivity index is 2.95. The zero-order chi connectivity index (χ0) is 13.9. The highest BCUT2D eigenvalue weighted by atomic mass is 19.4. The van der Waals surface area contributed by atoms with Crippen LogP contribution in [0.2, 0.25) is 0 Å². The van der Waals surface area contributed by atoms with Gasteiger partial charge in [-0.1, -0.05) is 0 Å². The van der Waals surface area contributed by atoms with Crippen molar-refractivity contribution in [1.29, 1.82) is 0 Å². The second kappa shape index (κ2) is 5.60. The van der Waals surface area contributed by atoms with Crippen LogP contribution in [0.4, 0.5) is 26.3 Å². The highest BCUT2D eigenvalue weighted by Gasteiger charge is 2.30. The highest BCUT2D eigenvalue weighted by Crippen LogP contribution is 2.30. The van der Waals surface area contributed by atoms with Crippen molar-refractivity contribution in [3.05, 3.63) is 35.1 Å². The lowest BCUT2D eigenvalue weighted by Gasteiger charge is -2.19. The molecule has 0 fully saturated rings. The standard InChI is InChI=1S/C11H11F6N/c1-18-9(2-3-11(15,16)17)10-7(13)4-6(12)5-8(10)14/h4-5,9,18H,2-3H2,1H3. The number of hydrogen-bond acceptors (Lipinski definition) is 1. The van der Waals surface area contributed by atoms with Crippen LogP contribution in [0.1, 0.15) is 24.4 Å². The van der Waals surface area contributed by atoms with Gasteiger partial charge in [0.05, 0.1) is 0 Å². The van der Waals surface area contributed by atoms with Crippen LogP contribution in [0, 0.1) is 17.5 Å². The molecular formula is C11H11F6N. The number of rotatable bonds is 4. The summed E-state index contributed by atoms with van der Waals surface area (Å²) < 4.78 is 75.6. The highest BCUT2D eigenvalue weighted by molar-refractivity contribution is 5.24. The van der Waals surface area contributed by atoms with Gasteiger partial charge in [-0.3, -0.25) is 0 Å². The van der Waals surface area contributed by atoms with Gasteiger partial charge in [0.2, 0.25) is 0 Å². The van der Waals surface area contributed by atoms with Gasteiger partial charge in [-0.05, 0) is 13.5 Å². The molecule has 0 aliphatic carbocycles. The minimum atomic E-state index is -4.41. The Morgan fingerprint density at radius 2 is 1.61 bits per heavy atom. The molecule has 1 rings (SSSR count). The van der Waals surface area contributed by atoms with Gasteiger partial charge < -0.3 is 5.32 Å². The molecular weight excluding hydrogens is 260 g/mol. The van der Waals surface area contributed by atoms with Gasteiger partial charge in [-0.15, -0.1) is 0 Å². The molecule has 1 unspecified atom stereocenters. The monoisotopic (exact) mass is 271 g/mol. The van der Waals surface area contributed by atoms with E-state index in [4.69, 9.17) is 0 Å². The Morgan fingerprint density at radius 1 is 1.11 bits per heavy atom. The largest absolute Gasteiger partial charge is 0.389 e. The predicted molar refractivity (Wildman–Crippen MR) is 53.4 cm³/mol. The molecule has 18 heavy (non-hydrogen) atoms. The molecule has 0 heterocycles. The molecule has 102 valence electrons. The number of nitrogens with one attached hydrogen (secondary N) is 1. The van der Waals surface area contributed by atoms with Crippen LogP contribution >= 0.6 is 0 Å². The molecule has 0 radical (unpaired) electrons. The summed E-state index contributed by atoms with van der Waals surface area (Å²) in [4.78, 5) is 0. The van der Waals surface area contributed by atoms with E-state index in [1.807, 2.05) is 0 Å². The summed E-state index contributed by atoms with van der Waals surface area (Å²) >= 11 is 0. The SMILES string of the molecule is CNC(CCC(F)(F)F)c1c(F)cc(F)cc1F. The van der Waals surface area contributed by atoms with Gasteiger partial charge in [0.1, 0.15) is 17.5 Å². The second-order valence-corrected chi connectivity index (χ2v) is 3.78. The van der Waals surface area contributed by atoms with Crippen LogP contribution < -0.4 is 5.32 Å². The summed E-state index contributed by atoms with van der Waals surface area (Å²) in [5, 5.41) is 2.39. The van der Waals surface area contributed by atoms with Crippen molar-refractivity contribution >= 4 is 0 Å². The quantitative estimate of drug-likeness (QED) is 0.823. The molecule has 1 N–H and O–H groups in total. The fourth-order valence-corrected chi connectivity index (χ4v) is 1.63. The molecule has 1 aromatic carbocycles. The van der Waals surface area contributed by atoms with E-state index in [1.165, 1.54) is 7.05 Å². The Kier molecular flexibility index (Phi) is 4.61. The maximum Gasteiger partial charge on any atom is 0.389 e. The van der Waals surface area contributed by atoms with Crippen molar-refractivity contribution in [2.45, 2.75) is 25.1 Å². The molecule has 0 aliphatic heterocycles. The van der Waals surface area contributed by atoms with Gasteiger partial charge in [0, 0.05) is 30.2 Å². The van der Waals surface area contributed by atoms with Gasteiger partial charge >= 0.3 is 6.18 Å². The first-order chi connectivity index (χ1) is 8.24. The predicted octanol–water partition coefficient (Wildman–Crippen LogP) is 3.71. The maximum atomic E-state index is 13.4. The molecule has 0 saturated heterocycles. The second-order valence-electron chi connectivity index (χ2n) is 3.78. The molecule has 0 saturated carbocycles. The minimum absolute atomic E-state index is 0.441. The van der Waals surface area contributed by atoms with Crippen molar-refractivity contribution in [1.82, 2.24) is 5.32 Å². The van der Waals surface area contributed by atoms with E-state index in [1.54, 1.807) is 0 Å². The lowest BCUT2D eigenvalue weighted by Crippen LogP contribution is -2.22. The first kappa shape index (κ1) is 14.8. The number of alkyl halides is 3. The summed E-state index contributed by atoms with van der Waals surface area (Å²) in [6, 6.07) is -0.278. The summed E-state index contributed by atoms with van der Waals surface area (Å²) in [6.07, 6.45) is -6.13. The number of hydrogen-bond donors (Lipinski definition) is 1. The Bertz CT molecular complexity index is 391. The van der Waals surface area contributed by atoms with E-state index in [0.29, 0.717) is 12.1 Å². The molecule has 0 aromatic heterocycles. The fourth-order valence-electron chi connectivity index (χ4n) is 1.63. The zero-order valence-electron chi connectivity index (χ0n) is 9.41. The minimum Gasteiger partial charge on any atom is -0.313 e. The van der Waals surface area contributed by atoms with Gasteiger partial charge in [0.15, 0.2) is 0 Å². The Morgan fingerprint density at radius 3 is 2.00 bits per heavy atom. The van der Waals surface area contributed by atoms with Crippen LogP contribution in [0.5, 0.6) is 0 Å². The molecule has 1 aromatic rings.